The van der Waals surface area contributed by atoms with Crippen molar-refractivity contribution in [3.8, 4) is 0 Å². The van der Waals surface area contributed by atoms with Crippen LogP contribution in [0.15, 0.2) is 0 Å². The minimum atomic E-state index is 0.0902. The van der Waals surface area contributed by atoms with E-state index >= 15 is 0 Å². The Morgan fingerprint density at radius 3 is 3.00 bits per heavy atom. The Hall–Kier alpha value is -1.04. The smallest absolute Gasteiger partial charge is 0.161 e. The molecule has 5 nitrogen and oxygen atoms in total. The summed E-state index contributed by atoms with van der Waals surface area (Å²) in [6.07, 6.45) is 0. The molecule has 0 aliphatic rings. The van der Waals surface area contributed by atoms with E-state index in [9.17, 15) is 0 Å². The second kappa shape index (κ2) is 3.38. The van der Waals surface area contributed by atoms with E-state index in [-0.39, 0.29) is 5.17 Å². The number of hydrogen-bond acceptors (Lipinski definition) is 4. The molecule has 0 aliphatic heterocycles. The van der Waals surface area contributed by atoms with Crippen LogP contribution in [0.25, 0.3) is 0 Å². The van der Waals surface area contributed by atoms with Crippen LogP contribution >= 0.6 is 11.8 Å². The number of aromatic amines is 1. The fourth-order valence-electron chi connectivity index (χ4n) is 0.596. The van der Waals surface area contributed by atoms with Crippen molar-refractivity contribution in [1.29, 1.82) is 5.41 Å². The molecular weight excluding hydrogens is 162 g/mol. The maximum atomic E-state index is 6.93. The second-order valence-electron chi connectivity index (χ2n) is 1.99. The van der Waals surface area contributed by atoms with Gasteiger partial charge in [-0.15, -0.1) is 0 Å². The maximum Gasteiger partial charge on any atom is 0.161 e. The fourth-order valence-corrected chi connectivity index (χ4v) is 1.01. The zero-order valence-corrected chi connectivity index (χ0v) is 6.90. The number of hydrogen-bond donors (Lipinski definition) is 3. The zero-order valence-electron chi connectivity index (χ0n) is 6.09. The normalized spacial score (nSPS) is 9.91. The largest absolute Gasteiger partial charge is 0.379 e. The molecule has 0 aromatic carbocycles. The highest BCUT2D eigenvalue weighted by atomic mass is 32.2. The predicted octanol–water partition coefficient (Wildman–Crippen LogP) is 0.240. The van der Waals surface area contributed by atoms with Gasteiger partial charge in [0.1, 0.15) is 5.82 Å². The molecule has 0 saturated carbocycles. The molecule has 0 fully saturated rings. The molecule has 60 valence electrons. The molecule has 0 atom stereocenters. The van der Waals surface area contributed by atoms with Crippen molar-refractivity contribution in [2.45, 2.75) is 12.7 Å². The monoisotopic (exact) mass is 171 g/mol. The molecule has 0 bridgehead atoms. The molecule has 0 amide bonds. The van der Waals surface area contributed by atoms with E-state index in [0.29, 0.717) is 11.6 Å². The van der Waals surface area contributed by atoms with Crippen molar-refractivity contribution in [3.63, 3.8) is 0 Å². The molecule has 0 spiro atoms. The number of rotatable bonds is 2. The Morgan fingerprint density at radius 1 is 1.82 bits per heavy atom. The molecule has 1 heterocycles. The lowest BCUT2D eigenvalue weighted by Gasteiger charge is -1.91. The minimum absolute atomic E-state index is 0.0902. The average molecular weight is 171 g/mol. The third-order valence-corrected chi connectivity index (χ3v) is 1.71. The summed E-state index contributed by atoms with van der Waals surface area (Å²) in [5.41, 5.74) is 5.13. The van der Waals surface area contributed by atoms with E-state index < -0.39 is 0 Å². The average Bonchev–Trinajstić information content (AvgIpc) is 2.31. The van der Waals surface area contributed by atoms with Crippen LogP contribution in [0.5, 0.6) is 0 Å². The van der Waals surface area contributed by atoms with E-state index in [2.05, 4.69) is 15.2 Å². The van der Waals surface area contributed by atoms with E-state index in [1.807, 2.05) is 6.92 Å². The molecule has 4 N–H and O–H groups in total. The summed E-state index contributed by atoms with van der Waals surface area (Å²) in [4.78, 5) is 4.04. The van der Waals surface area contributed by atoms with Gasteiger partial charge in [-0.3, -0.25) is 10.5 Å². The summed E-state index contributed by atoms with van der Waals surface area (Å²) in [6, 6.07) is 0. The number of nitrogens with zero attached hydrogens (tertiary/aromatic N) is 2. The number of nitrogens with one attached hydrogen (secondary N) is 2. The second-order valence-corrected chi connectivity index (χ2v) is 3.01. The Bertz CT molecular complexity index is 255. The quantitative estimate of drug-likeness (QED) is 0.439. The first kappa shape index (κ1) is 8.06. The number of amidine groups is 1. The maximum absolute atomic E-state index is 6.93. The van der Waals surface area contributed by atoms with Gasteiger partial charge in [0.2, 0.25) is 0 Å². The van der Waals surface area contributed by atoms with Crippen LogP contribution in [0.2, 0.25) is 0 Å². The van der Waals surface area contributed by atoms with E-state index in [1.165, 1.54) is 11.8 Å². The Kier molecular flexibility index (Phi) is 2.48. The van der Waals surface area contributed by atoms with Gasteiger partial charge in [0.05, 0.1) is 5.75 Å². The predicted molar refractivity (Wildman–Crippen MR) is 44.3 cm³/mol. The van der Waals surface area contributed by atoms with Crippen LogP contribution in [0, 0.1) is 12.3 Å². The lowest BCUT2D eigenvalue weighted by Crippen LogP contribution is -2.04. The SMILES string of the molecule is Cc1nc(CSC(=N)N)n[nH]1. The lowest BCUT2D eigenvalue weighted by atomic mass is 10.7. The molecule has 6 heteroatoms. The molecule has 0 aliphatic carbocycles. The highest BCUT2D eigenvalue weighted by molar-refractivity contribution is 8.12. The number of aryl methyl sites for hydroxylation is 1. The van der Waals surface area contributed by atoms with Crippen LogP contribution in [-0.4, -0.2) is 20.3 Å². The van der Waals surface area contributed by atoms with Crippen molar-refractivity contribution < 1.29 is 0 Å². The molecule has 1 aromatic heterocycles. The third-order valence-electron chi connectivity index (χ3n) is 1.00. The van der Waals surface area contributed by atoms with Gasteiger partial charge in [-0.1, -0.05) is 11.8 Å². The van der Waals surface area contributed by atoms with Crippen molar-refractivity contribution in [3.05, 3.63) is 11.6 Å². The van der Waals surface area contributed by atoms with Gasteiger partial charge in [-0.05, 0) is 6.92 Å². The minimum Gasteiger partial charge on any atom is -0.379 e. The summed E-state index contributed by atoms with van der Waals surface area (Å²) in [6.45, 7) is 1.83. The topological polar surface area (TPSA) is 91.4 Å². The Balaban J connectivity index is 2.45. The van der Waals surface area contributed by atoms with Gasteiger partial charge in [0, 0.05) is 0 Å². The summed E-state index contributed by atoms with van der Waals surface area (Å²) in [7, 11) is 0. The van der Waals surface area contributed by atoms with Gasteiger partial charge in [0.25, 0.3) is 0 Å². The Labute approximate surface area is 68.3 Å². The molecule has 1 aromatic rings. The molecular formula is C5H9N5S. The van der Waals surface area contributed by atoms with Gasteiger partial charge in [0.15, 0.2) is 11.0 Å². The van der Waals surface area contributed by atoms with Crippen LogP contribution in [0.4, 0.5) is 0 Å². The standard InChI is InChI=1S/C5H9N5S/c1-3-8-4(10-9-3)2-11-5(6)7/h2H2,1H3,(H3,6,7)(H,8,9,10). The van der Waals surface area contributed by atoms with Gasteiger partial charge in [-0.25, -0.2) is 4.98 Å². The van der Waals surface area contributed by atoms with Crippen molar-refractivity contribution >= 4 is 16.9 Å². The van der Waals surface area contributed by atoms with E-state index in [4.69, 9.17) is 11.1 Å². The van der Waals surface area contributed by atoms with Crippen LogP contribution in [0.1, 0.15) is 11.6 Å². The van der Waals surface area contributed by atoms with Gasteiger partial charge in [-0.2, -0.15) is 5.10 Å². The first-order valence-corrected chi connectivity index (χ1v) is 4.02. The first-order chi connectivity index (χ1) is 5.18. The third kappa shape index (κ3) is 2.58. The molecule has 0 radical (unpaired) electrons. The van der Waals surface area contributed by atoms with Crippen molar-refractivity contribution in [1.82, 2.24) is 15.2 Å². The number of H-pyrrole nitrogens is 1. The molecule has 0 unspecified atom stereocenters. The highest BCUT2D eigenvalue weighted by Gasteiger charge is 1.99. The van der Waals surface area contributed by atoms with E-state index in [1.54, 1.807) is 0 Å². The lowest BCUT2D eigenvalue weighted by molar-refractivity contribution is 1.01. The zero-order chi connectivity index (χ0) is 8.27. The van der Waals surface area contributed by atoms with Crippen LogP contribution < -0.4 is 5.73 Å². The summed E-state index contributed by atoms with van der Waals surface area (Å²) in [5, 5.41) is 13.6. The van der Waals surface area contributed by atoms with Gasteiger partial charge >= 0.3 is 0 Å². The Morgan fingerprint density at radius 2 is 2.55 bits per heavy atom. The van der Waals surface area contributed by atoms with Crippen molar-refractivity contribution in [2.75, 3.05) is 0 Å². The number of aromatic nitrogens is 3. The fraction of sp³-hybridized carbons (Fsp3) is 0.400. The first-order valence-electron chi connectivity index (χ1n) is 3.03. The van der Waals surface area contributed by atoms with Crippen molar-refractivity contribution in [2.24, 2.45) is 5.73 Å². The number of nitrogens with two attached hydrogens (primary N) is 1. The van der Waals surface area contributed by atoms with Crippen LogP contribution in [-0.2, 0) is 5.75 Å². The van der Waals surface area contributed by atoms with E-state index in [0.717, 1.165) is 5.82 Å². The summed E-state index contributed by atoms with van der Waals surface area (Å²) < 4.78 is 0. The molecule has 11 heavy (non-hydrogen) atoms. The van der Waals surface area contributed by atoms with Crippen LogP contribution in [0.3, 0.4) is 0 Å². The highest BCUT2D eigenvalue weighted by Crippen LogP contribution is 2.05. The number of thioether (sulfide) groups is 1. The molecule has 1 rings (SSSR count). The molecule has 0 saturated heterocycles. The summed E-state index contributed by atoms with van der Waals surface area (Å²) >= 11 is 1.21. The van der Waals surface area contributed by atoms with Gasteiger partial charge < -0.3 is 5.73 Å². The summed E-state index contributed by atoms with van der Waals surface area (Å²) in [5.74, 6) is 2.02.